The third-order valence-corrected chi connectivity index (χ3v) is 3.37. The lowest BCUT2D eigenvalue weighted by Gasteiger charge is -2.10. The number of hydrogen-bond donors (Lipinski definition) is 1. The molecule has 0 bridgehead atoms. The van der Waals surface area contributed by atoms with Gasteiger partial charge in [0.05, 0.1) is 6.33 Å². The Balaban J connectivity index is 1.68. The minimum Gasteiger partial charge on any atom is -0.381 e. The molecule has 0 spiro atoms. The van der Waals surface area contributed by atoms with Gasteiger partial charge in [-0.05, 0) is 36.2 Å². The molecule has 20 heavy (non-hydrogen) atoms. The average molecular weight is 263 g/mol. The molecule has 1 heterocycles. The summed E-state index contributed by atoms with van der Waals surface area (Å²) >= 11 is 0. The molecular formula is C17H17N3. The standard InChI is InChI=1S/C17H17N3/c1-14-4-2-3-5-17(14)19-12-15-6-8-16(9-7-15)20-11-10-18-13-20/h2-11,13,19H,12H2,1H3. The van der Waals surface area contributed by atoms with Crippen molar-refractivity contribution in [2.75, 3.05) is 5.32 Å². The Morgan fingerprint density at radius 3 is 2.55 bits per heavy atom. The lowest BCUT2D eigenvalue weighted by molar-refractivity contribution is 1.05. The molecule has 3 nitrogen and oxygen atoms in total. The summed E-state index contributed by atoms with van der Waals surface area (Å²) in [5.74, 6) is 0. The SMILES string of the molecule is Cc1ccccc1NCc1ccc(-n2ccnc2)cc1. The minimum atomic E-state index is 0.828. The van der Waals surface area contributed by atoms with E-state index in [4.69, 9.17) is 0 Å². The molecule has 3 rings (SSSR count). The summed E-state index contributed by atoms with van der Waals surface area (Å²) in [7, 11) is 0. The van der Waals surface area contributed by atoms with Crippen LogP contribution in [-0.2, 0) is 6.54 Å². The van der Waals surface area contributed by atoms with Gasteiger partial charge in [-0.25, -0.2) is 4.98 Å². The Morgan fingerprint density at radius 1 is 1.05 bits per heavy atom. The van der Waals surface area contributed by atoms with E-state index in [2.05, 4.69) is 65.8 Å². The number of para-hydroxylation sites is 1. The van der Waals surface area contributed by atoms with E-state index < -0.39 is 0 Å². The van der Waals surface area contributed by atoms with Crippen LogP contribution in [0.4, 0.5) is 5.69 Å². The van der Waals surface area contributed by atoms with E-state index in [0.29, 0.717) is 0 Å². The van der Waals surface area contributed by atoms with Crippen molar-refractivity contribution in [3.05, 3.63) is 78.4 Å². The third-order valence-electron chi connectivity index (χ3n) is 3.37. The first-order valence-electron chi connectivity index (χ1n) is 6.70. The van der Waals surface area contributed by atoms with Gasteiger partial charge in [0, 0.05) is 30.3 Å². The highest BCUT2D eigenvalue weighted by molar-refractivity contribution is 5.50. The first-order valence-corrected chi connectivity index (χ1v) is 6.70. The summed E-state index contributed by atoms with van der Waals surface area (Å²) < 4.78 is 2.00. The van der Waals surface area contributed by atoms with Crippen molar-refractivity contribution in [3.63, 3.8) is 0 Å². The zero-order chi connectivity index (χ0) is 13.8. The van der Waals surface area contributed by atoms with Crippen LogP contribution in [0.5, 0.6) is 0 Å². The molecule has 0 aliphatic carbocycles. The third kappa shape index (κ3) is 2.72. The average Bonchev–Trinajstić information content (AvgIpc) is 3.01. The maximum absolute atomic E-state index is 4.06. The number of hydrogen-bond acceptors (Lipinski definition) is 2. The van der Waals surface area contributed by atoms with Gasteiger partial charge in [-0.3, -0.25) is 0 Å². The zero-order valence-electron chi connectivity index (χ0n) is 11.5. The van der Waals surface area contributed by atoms with Crippen LogP contribution in [0.3, 0.4) is 0 Å². The van der Waals surface area contributed by atoms with Crippen LogP contribution >= 0.6 is 0 Å². The lowest BCUT2D eigenvalue weighted by atomic mass is 10.1. The predicted molar refractivity (Wildman–Crippen MR) is 82.1 cm³/mol. The Hall–Kier alpha value is -2.55. The van der Waals surface area contributed by atoms with Crippen molar-refractivity contribution < 1.29 is 0 Å². The second-order valence-corrected chi connectivity index (χ2v) is 4.80. The lowest BCUT2D eigenvalue weighted by Crippen LogP contribution is -2.01. The minimum absolute atomic E-state index is 0.828. The van der Waals surface area contributed by atoms with Gasteiger partial charge >= 0.3 is 0 Å². The molecule has 0 saturated carbocycles. The van der Waals surface area contributed by atoms with Gasteiger partial charge in [0.25, 0.3) is 0 Å². The fourth-order valence-corrected chi connectivity index (χ4v) is 2.17. The van der Waals surface area contributed by atoms with Crippen molar-refractivity contribution >= 4 is 5.69 Å². The van der Waals surface area contributed by atoms with Gasteiger partial charge in [-0.2, -0.15) is 0 Å². The summed E-state index contributed by atoms with van der Waals surface area (Å²) in [6.07, 6.45) is 5.54. The van der Waals surface area contributed by atoms with Gasteiger partial charge in [0.15, 0.2) is 0 Å². The molecule has 100 valence electrons. The van der Waals surface area contributed by atoms with Gasteiger partial charge < -0.3 is 9.88 Å². The molecule has 1 N–H and O–H groups in total. The number of rotatable bonds is 4. The second-order valence-electron chi connectivity index (χ2n) is 4.80. The van der Waals surface area contributed by atoms with Gasteiger partial charge in [-0.15, -0.1) is 0 Å². The highest BCUT2D eigenvalue weighted by Crippen LogP contribution is 2.15. The topological polar surface area (TPSA) is 29.9 Å². The molecule has 0 fully saturated rings. The summed E-state index contributed by atoms with van der Waals surface area (Å²) in [6, 6.07) is 16.8. The molecular weight excluding hydrogens is 246 g/mol. The summed E-state index contributed by atoms with van der Waals surface area (Å²) in [5.41, 5.74) is 4.84. The summed E-state index contributed by atoms with van der Waals surface area (Å²) in [5, 5.41) is 3.46. The number of nitrogens with zero attached hydrogens (tertiary/aromatic N) is 2. The van der Waals surface area contributed by atoms with E-state index in [0.717, 1.165) is 12.2 Å². The van der Waals surface area contributed by atoms with E-state index in [1.54, 1.807) is 12.5 Å². The molecule has 3 aromatic rings. The zero-order valence-corrected chi connectivity index (χ0v) is 11.5. The van der Waals surface area contributed by atoms with Gasteiger partial charge in [0.1, 0.15) is 0 Å². The maximum atomic E-state index is 4.06. The predicted octanol–water partition coefficient (Wildman–Crippen LogP) is 3.79. The van der Waals surface area contributed by atoms with Crippen LogP contribution in [0.2, 0.25) is 0 Å². The van der Waals surface area contributed by atoms with Gasteiger partial charge in [-0.1, -0.05) is 30.3 Å². The van der Waals surface area contributed by atoms with E-state index in [1.807, 2.05) is 10.8 Å². The number of anilines is 1. The maximum Gasteiger partial charge on any atom is 0.0991 e. The van der Waals surface area contributed by atoms with E-state index >= 15 is 0 Å². The van der Waals surface area contributed by atoms with Crippen molar-refractivity contribution in [3.8, 4) is 5.69 Å². The van der Waals surface area contributed by atoms with E-state index in [1.165, 1.54) is 16.8 Å². The van der Waals surface area contributed by atoms with Crippen LogP contribution in [-0.4, -0.2) is 9.55 Å². The highest BCUT2D eigenvalue weighted by Gasteiger charge is 1.98. The van der Waals surface area contributed by atoms with Crippen LogP contribution in [0.25, 0.3) is 5.69 Å². The number of aryl methyl sites for hydroxylation is 1. The molecule has 0 radical (unpaired) electrons. The first-order chi connectivity index (χ1) is 9.83. The molecule has 0 atom stereocenters. The molecule has 2 aromatic carbocycles. The van der Waals surface area contributed by atoms with Crippen LogP contribution in [0.15, 0.2) is 67.3 Å². The van der Waals surface area contributed by atoms with Crippen LogP contribution in [0, 0.1) is 6.92 Å². The number of nitrogens with one attached hydrogen (secondary N) is 1. The fourth-order valence-electron chi connectivity index (χ4n) is 2.17. The van der Waals surface area contributed by atoms with Crippen molar-refractivity contribution in [2.24, 2.45) is 0 Å². The van der Waals surface area contributed by atoms with E-state index in [-0.39, 0.29) is 0 Å². The molecule has 0 saturated heterocycles. The number of imidazole rings is 1. The Labute approximate surface area is 118 Å². The molecule has 0 aliphatic heterocycles. The van der Waals surface area contributed by atoms with Crippen molar-refractivity contribution in [2.45, 2.75) is 13.5 Å². The Bertz CT molecular complexity index is 670. The molecule has 0 amide bonds. The number of benzene rings is 2. The molecule has 3 heteroatoms. The van der Waals surface area contributed by atoms with Crippen LogP contribution < -0.4 is 5.32 Å². The molecule has 0 unspecified atom stereocenters. The monoisotopic (exact) mass is 263 g/mol. The van der Waals surface area contributed by atoms with Crippen molar-refractivity contribution in [1.82, 2.24) is 9.55 Å². The smallest absolute Gasteiger partial charge is 0.0991 e. The van der Waals surface area contributed by atoms with E-state index in [9.17, 15) is 0 Å². The van der Waals surface area contributed by atoms with Gasteiger partial charge in [0.2, 0.25) is 0 Å². The Morgan fingerprint density at radius 2 is 1.85 bits per heavy atom. The quantitative estimate of drug-likeness (QED) is 0.776. The second kappa shape index (κ2) is 5.61. The fraction of sp³-hybridized carbons (Fsp3) is 0.118. The van der Waals surface area contributed by atoms with Crippen LogP contribution in [0.1, 0.15) is 11.1 Å². The molecule has 0 aliphatic rings. The summed E-state index contributed by atoms with van der Waals surface area (Å²) in [6.45, 7) is 2.94. The summed E-state index contributed by atoms with van der Waals surface area (Å²) in [4.78, 5) is 4.06. The Kier molecular flexibility index (Phi) is 3.50. The molecule has 1 aromatic heterocycles. The first kappa shape index (κ1) is 12.5. The largest absolute Gasteiger partial charge is 0.381 e. The normalized spacial score (nSPS) is 10.4. The highest BCUT2D eigenvalue weighted by atomic mass is 15.0. The van der Waals surface area contributed by atoms with Crippen molar-refractivity contribution in [1.29, 1.82) is 0 Å². The number of aromatic nitrogens is 2.